The quantitative estimate of drug-likeness (QED) is 0.356. The summed E-state index contributed by atoms with van der Waals surface area (Å²) in [4.78, 5) is 29.5. The third kappa shape index (κ3) is 5.28. The number of amides is 1. The van der Waals surface area contributed by atoms with E-state index in [9.17, 15) is 9.59 Å². The van der Waals surface area contributed by atoms with E-state index in [-0.39, 0.29) is 12.3 Å². The molecule has 0 spiro atoms. The van der Waals surface area contributed by atoms with Crippen LogP contribution in [0.3, 0.4) is 0 Å². The topological polar surface area (TPSA) is 90.7 Å². The highest BCUT2D eigenvalue weighted by molar-refractivity contribution is 7.09. The van der Waals surface area contributed by atoms with Crippen molar-refractivity contribution < 1.29 is 18.7 Å². The third-order valence-electron chi connectivity index (χ3n) is 5.70. The fraction of sp³-hybridized carbons (Fsp3) is 0.269. The summed E-state index contributed by atoms with van der Waals surface area (Å²) >= 11 is 1.57. The fourth-order valence-corrected chi connectivity index (χ4v) is 4.55. The summed E-state index contributed by atoms with van der Waals surface area (Å²) in [6, 6.07) is 13.1. The minimum absolute atomic E-state index is 0.111. The first kappa shape index (κ1) is 23.5. The molecule has 0 fully saturated rings. The second kappa shape index (κ2) is 10.5. The van der Waals surface area contributed by atoms with Crippen LogP contribution in [0.1, 0.15) is 22.6 Å². The molecular formula is C26H26N2O5S. The van der Waals surface area contributed by atoms with Gasteiger partial charge in [0.2, 0.25) is 5.91 Å². The van der Waals surface area contributed by atoms with E-state index >= 15 is 0 Å². The van der Waals surface area contributed by atoms with Crippen LogP contribution in [0, 0.1) is 6.92 Å². The van der Waals surface area contributed by atoms with Gasteiger partial charge in [-0.1, -0.05) is 0 Å². The van der Waals surface area contributed by atoms with Gasteiger partial charge in [-0.3, -0.25) is 4.79 Å². The number of rotatable bonds is 9. The van der Waals surface area contributed by atoms with Crippen molar-refractivity contribution in [2.45, 2.75) is 26.2 Å². The number of hydrogen-bond acceptors (Lipinski definition) is 7. The first-order valence-electron chi connectivity index (χ1n) is 10.9. The van der Waals surface area contributed by atoms with Gasteiger partial charge in [-0.15, -0.1) is 11.3 Å². The van der Waals surface area contributed by atoms with Gasteiger partial charge in [0, 0.05) is 47.3 Å². The van der Waals surface area contributed by atoms with Crippen molar-refractivity contribution in [3.63, 3.8) is 0 Å². The Morgan fingerprint density at radius 1 is 1.06 bits per heavy atom. The summed E-state index contributed by atoms with van der Waals surface area (Å²) in [6.45, 7) is 2.36. The van der Waals surface area contributed by atoms with Crippen molar-refractivity contribution in [3.8, 4) is 22.8 Å². The minimum atomic E-state index is -0.417. The van der Waals surface area contributed by atoms with E-state index in [1.54, 1.807) is 31.6 Å². The molecule has 34 heavy (non-hydrogen) atoms. The lowest BCUT2D eigenvalue weighted by Gasteiger charge is -2.09. The largest absolute Gasteiger partial charge is 0.497 e. The normalized spacial score (nSPS) is 10.9. The van der Waals surface area contributed by atoms with Crippen molar-refractivity contribution in [3.05, 3.63) is 74.4 Å². The van der Waals surface area contributed by atoms with Crippen LogP contribution in [0.4, 0.5) is 0 Å². The van der Waals surface area contributed by atoms with E-state index in [1.165, 1.54) is 0 Å². The maximum atomic E-state index is 12.5. The Labute approximate surface area is 201 Å². The molecule has 176 valence electrons. The second-order valence-electron chi connectivity index (χ2n) is 7.81. The van der Waals surface area contributed by atoms with E-state index in [0.29, 0.717) is 36.3 Å². The van der Waals surface area contributed by atoms with Gasteiger partial charge in [-0.2, -0.15) is 0 Å². The summed E-state index contributed by atoms with van der Waals surface area (Å²) in [7, 11) is 3.20. The highest BCUT2D eigenvalue weighted by Crippen LogP contribution is 2.25. The molecule has 0 saturated heterocycles. The van der Waals surface area contributed by atoms with Gasteiger partial charge in [-0.25, -0.2) is 9.78 Å². The molecule has 0 bridgehead atoms. The minimum Gasteiger partial charge on any atom is -0.497 e. The van der Waals surface area contributed by atoms with Gasteiger partial charge in [0.1, 0.15) is 17.1 Å². The highest BCUT2D eigenvalue weighted by atomic mass is 32.1. The lowest BCUT2D eigenvalue weighted by atomic mass is 10.0. The average Bonchev–Trinajstić information content (AvgIpc) is 3.32. The van der Waals surface area contributed by atoms with Crippen LogP contribution in [-0.2, 0) is 17.6 Å². The average molecular weight is 479 g/mol. The summed E-state index contributed by atoms with van der Waals surface area (Å²) in [6.07, 6.45) is 1.18. The molecule has 2 heterocycles. The molecule has 2 aromatic carbocycles. The van der Waals surface area contributed by atoms with Gasteiger partial charge in [-0.05, 0) is 55.3 Å². The Morgan fingerprint density at radius 3 is 2.53 bits per heavy atom. The Kier molecular flexibility index (Phi) is 7.27. The molecular weight excluding hydrogens is 452 g/mol. The molecule has 0 radical (unpaired) electrons. The number of thiazole rings is 1. The van der Waals surface area contributed by atoms with Gasteiger partial charge in [0.25, 0.3) is 0 Å². The standard InChI is InChI=1S/C26H26N2O5S/c1-16-20-9-8-19(32-3)14-23(20)33-26(30)21(16)10-11-24(29)27-13-12-25-28-22(15-34-25)17-4-6-18(31-2)7-5-17/h4-9,14-15H,10-13H2,1-3H3,(H,27,29). The number of benzene rings is 2. The molecule has 0 saturated carbocycles. The molecule has 4 aromatic rings. The van der Waals surface area contributed by atoms with Gasteiger partial charge < -0.3 is 19.2 Å². The zero-order valence-electron chi connectivity index (χ0n) is 19.3. The molecule has 4 rings (SSSR count). The van der Waals surface area contributed by atoms with Crippen molar-refractivity contribution in [1.82, 2.24) is 10.3 Å². The number of fused-ring (bicyclic) bond motifs is 1. The molecule has 0 aliphatic heterocycles. The van der Waals surface area contributed by atoms with Crippen LogP contribution in [0.5, 0.6) is 11.5 Å². The summed E-state index contributed by atoms with van der Waals surface area (Å²) < 4.78 is 15.8. The maximum absolute atomic E-state index is 12.5. The Bertz CT molecular complexity index is 1360. The molecule has 1 N–H and O–H groups in total. The maximum Gasteiger partial charge on any atom is 0.339 e. The van der Waals surface area contributed by atoms with E-state index < -0.39 is 5.63 Å². The number of aryl methyl sites for hydroxylation is 1. The molecule has 0 atom stereocenters. The SMILES string of the molecule is COc1ccc(-c2csc(CCNC(=O)CCc3c(C)c4ccc(OC)cc4oc3=O)n2)cc1. The van der Waals surface area contributed by atoms with Crippen LogP contribution in [0.25, 0.3) is 22.2 Å². The number of aromatic nitrogens is 1. The summed E-state index contributed by atoms with van der Waals surface area (Å²) in [5.41, 5.74) is 3.35. The second-order valence-corrected chi connectivity index (χ2v) is 8.75. The highest BCUT2D eigenvalue weighted by Gasteiger charge is 2.14. The van der Waals surface area contributed by atoms with Crippen LogP contribution in [0.15, 0.2) is 57.1 Å². The lowest BCUT2D eigenvalue weighted by Crippen LogP contribution is -2.26. The van der Waals surface area contributed by atoms with Crippen molar-refractivity contribution in [2.24, 2.45) is 0 Å². The molecule has 7 nitrogen and oxygen atoms in total. The number of carbonyl (C=O) groups is 1. The van der Waals surface area contributed by atoms with Gasteiger partial charge in [0.15, 0.2) is 0 Å². The van der Waals surface area contributed by atoms with Crippen LogP contribution < -0.4 is 20.4 Å². The van der Waals surface area contributed by atoms with Crippen molar-refractivity contribution >= 4 is 28.2 Å². The summed E-state index contributed by atoms with van der Waals surface area (Å²) in [5.74, 6) is 1.32. The molecule has 0 aliphatic rings. The molecule has 8 heteroatoms. The number of ether oxygens (including phenoxy) is 2. The van der Waals surface area contributed by atoms with E-state index in [4.69, 9.17) is 13.9 Å². The number of carbonyl (C=O) groups excluding carboxylic acids is 1. The monoisotopic (exact) mass is 478 g/mol. The Hall–Kier alpha value is -3.65. The van der Waals surface area contributed by atoms with E-state index in [1.807, 2.05) is 48.7 Å². The van der Waals surface area contributed by atoms with Gasteiger partial charge >= 0.3 is 5.63 Å². The van der Waals surface area contributed by atoms with Crippen LogP contribution in [0.2, 0.25) is 0 Å². The first-order chi connectivity index (χ1) is 16.5. The smallest absolute Gasteiger partial charge is 0.339 e. The molecule has 1 amide bonds. The van der Waals surface area contributed by atoms with E-state index in [0.717, 1.165) is 33.0 Å². The van der Waals surface area contributed by atoms with Crippen LogP contribution >= 0.6 is 11.3 Å². The molecule has 0 aliphatic carbocycles. The first-order valence-corrected chi connectivity index (χ1v) is 11.8. The number of nitrogens with zero attached hydrogens (tertiary/aromatic N) is 1. The fourth-order valence-electron chi connectivity index (χ4n) is 3.75. The zero-order chi connectivity index (χ0) is 24.1. The molecule has 0 unspecified atom stereocenters. The van der Waals surface area contributed by atoms with Crippen molar-refractivity contribution in [2.75, 3.05) is 20.8 Å². The van der Waals surface area contributed by atoms with Gasteiger partial charge in [0.05, 0.1) is 24.9 Å². The Balaban J connectivity index is 1.31. The summed E-state index contributed by atoms with van der Waals surface area (Å²) in [5, 5.41) is 6.72. The van der Waals surface area contributed by atoms with E-state index in [2.05, 4.69) is 10.3 Å². The third-order valence-corrected chi connectivity index (χ3v) is 6.60. The predicted molar refractivity (Wildman–Crippen MR) is 133 cm³/mol. The van der Waals surface area contributed by atoms with Crippen molar-refractivity contribution in [1.29, 1.82) is 0 Å². The van der Waals surface area contributed by atoms with Crippen LogP contribution in [-0.4, -0.2) is 31.7 Å². The number of hydrogen-bond donors (Lipinski definition) is 1. The predicted octanol–water partition coefficient (Wildman–Crippen LogP) is 4.53. The molecule has 2 aromatic heterocycles. The number of methoxy groups -OCH3 is 2. The lowest BCUT2D eigenvalue weighted by molar-refractivity contribution is -0.121. The zero-order valence-corrected chi connectivity index (χ0v) is 20.2. The Morgan fingerprint density at radius 2 is 1.79 bits per heavy atom. The number of nitrogens with one attached hydrogen (secondary N) is 1.